The molecule has 1 heterocycles. The predicted molar refractivity (Wildman–Crippen MR) is 102 cm³/mol. The number of aliphatic imine (C=N–C) groups is 1. The van der Waals surface area contributed by atoms with Crippen molar-refractivity contribution in [2.24, 2.45) is 4.99 Å². The fourth-order valence-electron chi connectivity index (χ4n) is 2.97. The Labute approximate surface area is 150 Å². The van der Waals surface area contributed by atoms with Gasteiger partial charge in [-0.25, -0.2) is 4.39 Å². The van der Waals surface area contributed by atoms with E-state index >= 15 is 0 Å². The van der Waals surface area contributed by atoms with Gasteiger partial charge in [0.25, 0.3) is 0 Å². The van der Waals surface area contributed by atoms with E-state index in [9.17, 15) is 4.39 Å². The number of unbranched alkanes of at least 4 members (excludes halogenated alkanes) is 2. The van der Waals surface area contributed by atoms with Crippen LogP contribution in [0.15, 0.2) is 29.3 Å². The van der Waals surface area contributed by atoms with E-state index in [4.69, 9.17) is 9.73 Å². The Morgan fingerprint density at radius 1 is 1.12 bits per heavy atom. The first-order valence-electron chi connectivity index (χ1n) is 9.27. The third-order valence-corrected chi connectivity index (χ3v) is 4.37. The number of guanidine groups is 1. The fraction of sp³-hybridized carbons (Fsp3) is 0.632. The van der Waals surface area contributed by atoms with Crippen molar-refractivity contribution in [3.8, 4) is 0 Å². The van der Waals surface area contributed by atoms with E-state index in [0.717, 1.165) is 76.8 Å². The number of ether oxygens (including phenoxy) is 1. The molecule has 2 rings (SSSR count). The van der Waals surface area contributed by atoms with E-state index in [1.165, 1.54) is 12.1 Å². The molecule has 140 valence electrons. The number of hydrogen-bond acceptors (Lipinski definition) is 3. The van der Waals surface area contributed by atoms with Crippen LogP contribution < -0.4 is 10.2 Å². The zero-order chi connectivity index (χ0) is 17.9. The van der Waals surface area contributed by atoms with Gasteiger partial charge in [-0.2, -0.15) is 0 Å². The predicted octanol–water partition coefficient (Wildman–Crippen LogP) is 2.73. The number of piperazine rings is 1. The minimum absolute atomic E-state index is 0.186. The van der Waals surface area contributed by atoms with Gasteiger partial charge >= 0.3 is 0 Å². The quantitative estimate of drug-likeness (QED) is 0.445. The summed E-state index contributed by atoms with van der Waals surface area (Å²) in [6.45, 7) is 8.34. The van der Waals surface area contributed by atoms with Gasteiger partial charge in [0.15, 0.2) is 5.96 Å². The van der Waals surface area contributed by atoms with Crippen LogP contribution in [0, 0.1) is 5.82 Å². The molecule has 1 fully saturated rings. The number of methoxy groups -OCH3 is 1. The van der Waals surface area contributed by atoms with Gasteiger partial charge in [-0.3, -0.25) is 4.99 Å². The molecule has 1 N–H and O–H groups in total. The van der Waals surface area contributed by atoms with Crippen molar-refractivity contribution in [2.75, 3.05) is 57.9 Å². The van der Waals surface area contributed by atoms with E-state index in [-0.39, 0.29) is 5.82 Å². The van der Waals surface area contributed by atoms with Crippen molar-refractivity contribution in [3.05, 3.63) is 30.1 Å². The van der Waals surface area contributed by atoms with E-state index in [2.05, 4.69) is 22.0 Å². The minimum atomic E-state index is -0.186. The van der Waals surface area contributed by atoms with Crippen LogP contribution in [0.1, 0.15) is 26.2 Å². The summed E-state index contributed by atoms with van der Waals surface area (Å²) >= 11 is 0. The second-order valence-electron chi connectivity index (χ2n) is 6.24. The van der Waals surface area contributed by atoms with Crippen molar-refractivity contribution < 1.29 is 9.13 Å². The molecule has 0 unspecified atom stereocenters. The number of anilines is 1. The molecule has 0 aromatic heterocycles. The maximum atomic E-state index is 13.1. The molecule has 1 aliphatic rings. The van der Waals surface area contributed by atoms with Gasteiger partial charge in [0.05, 0.1) is 0 Å². The van der Waals surface area contributed by atoms with Crippen LogP contribution in [0.5, 0.6) is 0 Å². The third-order valence-electron chi connectivity index (χ3n) is 4.37. The molecule has 1 aromatic rings. The molecule has 0 saturated carbocycles. The summed E-state index contributed by atoms with van der Waals surface area (Å²) in [6, 6.07) is 6.75. The Balaban J connectivity index is 1.81. The van der Waals surface area contributed by atoms with Crippen LogP contribution in [0.25, 0.3) is 0 Å². The van der Waals surface area contributed by atoms with E-state index in [0.29, 0.717) is 0 Å². The molecule has 1 aromatic carbocycles. The number of halogens is 1. The first-order valence-corrected chi connectivity index (χ1v) is 9.27. The van der Waals surface area contributed by atoms with Gasteiger partial charge in [-0.05, 0) is 50.5 Å². The van der Waals surface area contributed by atoms with Crippen LogP contribution in [-0.4, -0.2) is 63.8 Å². The zero-order valence-electron chi connectivity index (χ0n) is 15.5. The van der Waals surface area contributed by atoms with Crippen molar-refractivity contribution >= 4 is 11.6 Å². The Morgan fingerprint density at radius 2 is 1.84 bits per heavy atom. The second-order valence-corrected chi connectivity index (χ2v) is 6.24. The van der Waals surface area contributed by atoms with Gasteiger partial charge < -0.3 is 19.9 Å². The number of rotatable bonds is 8. The highest BCUT2D eigenvalue weighted by molar-refractivity contribution is 5.80. The lowest BCUT2D eigenvalue weighted by molar-refractivity contribution is 0.192. The minimum Gasteiger partial charge on any atom is -0.385 e. The van der Waals surface area contributed by atoms with Crippen molar-refractivity contribution in [3.63, 3.8) is 0 Å². The maximum absolute atomic E-state index is 13.1. The van der Waals surface area contributed by atoms with E-state index < -0.39 is 0 Å². The molecule has 0 radical (unpaired) electrons. The second kappa shape index (κ2) is 10.9. The molecule has 1 saturated heterocycles. The highest BCUT2D eigenvalue weighted by atomic mass is 19.1. The highest BCUT2D eigenvalue weighted by Gasteiger charge is 2.19. The Morgan fingerprint density at radius 3 is 2.48 bits per heavy atom. The molecule has 5 nitrogen and oxygen atoms in total. The number of nitrogens with one attached hydrogen (secondary N) is 1. The van der Waals surface area contributed by atoms with Crippen molar-refractivity contribution in [1.82, 2.24) is 10.2 Å². The number of nitrogens with zero attached hydrogens (tertiary/aromatic N) is 3. The molecule has 1 aliphatic heterocycles. The molecule has 0 spiro atoms. The number of hydrogen-bond donors (Lipinski definition) is 1. The van der Waals surface area contributed by atoms with E-state index in [1.54, 1.807) is 7.11 Å². The topological polar surface area (TPSA) is 40.1 Å². The highest BCUT2D eigenvalue weighted by Crippen LogP contribution is 2.17. The molecule has 6 heteroatoms. The molecular weight excluding hydrogens is 319 g/mol. The normalized spacial score (nSPS) is 15.6. The molecule has 0 bridgehead atoms. The molecule has 25 heavy (non-hydrogen) atoms. The maximum Gasteiger partial charge on any atom is 0.194 e. The summed E-state index contributed by atoms with van der Waals surface area (Å²) < 4.78 is 18.1. The SMILES string of the molecule is CCNC(=NCCCCCOC)N1CCN(c2ccc(F)cc2)CC1. The van der Waals surface area contributed by atoms with Crippen LogP contribution in [0.2, 0.25) is 0 Å². The number of benzene rings is 1. The van der Waals surface area contributed by atoms with Gasteiger partial charge in [-0.1, -0.05) is 0 Å². The summed E-state index contributed by atoms with van der Waals surface area (Å²) in [5, 5.41) is 3.40. The molecular formula is C19H31FN4O. The van der Waals surface area contributed by atoms with Gasteiger partial charge in [0.1, 0.15) is 5.82 Å². The summed E-state index contributed by atoms with van der Waals surface area (Å²) in [4.78, 5) is 9.38. The summed E-state index contributed by atoms with van der Waals surface area (Å²) in [7, 11) is 1.74. The zero-order valence-corrected chi connectivity index (χ0v) is 15.5. The Bertz CT molecular complexity index is 513. The van der Waals surface area contributed by atoms with Crippen LogP contribution in [0.4, 0.5) is 10.1 Å². The van der Waals surface area contributed by atoms with E-state index in [1.807, 2.05) is 12.1 Å². The lowest BCUT2D eigenvalue weighted by atomic mass is 10.2. The molecule has 0 aliphatic carbocycles. The van der Waals surface area contributed by atoms with Gasteiger partial charge in [0.2, 0.25) is 0 Å². The standard InChI is InChI=1S/C19H31FN4O/c1-3-21-19(22-11-5-4-6-16-25-2)24-14-12-23(13-15-24)18-9-7-17(20)8-10-18/h7-10H,3-6,11-16H2,1-2H3,(H,21,22). The van der Waals surface area contributed by atoms with Gasteiger partial charge in [-0.15, -0.1) is 0 Å². The summed E-state index contributed by atoms with van der Waals surface area (Å²) in [5.41, 5.74) is 1.08. The fourth-order valence-corrected chi connectivity index (χ4v) is 2.97. The molecule has 0 atom stereocenters. The monoisotopic (exact) mass is 350 g/mol. The Kier molecular flexibility index (Phi) is 8.52. The smallest absolute Gasteiger partial charge is 0.194 e. The lowest BCUT2D eigenvalue weighted by Crippen LogP contribution is -2.52. The van der Waals surface area contributed by atoms with Crippen LogP contribution in [-0.2, 0) is 4.74 Å². The largest absolute Gasteiger partial charge is 0.385 e. The van der Waals surface area contributed by atoms with Crippen molar-refractivity contribution in [2.45, 2.75) is 26.2 Å². The Hall–Kier alpha value is -1.82. The van der Waals surface area contributed by atoms with Crippen LogP contribution >= 0.6 is 0 Å². The first-order chi connectivity index (χ1) is 12.2. The first kappa shape index (κ1) is 19.5. The van der Waals surface area contributed by atoms with Crippen LogP contribution in [0.3, 0.4) is 0 Å². The summed E-state index contributed by atoms with van der Waals surface area (Å²) in [6.07, 6.45) is 3.34. The average Bonchev–Trinajstić information content (AvgIpc) is 2.64. The average molecular weight is 350 g/mol. The van der Waals surface area contributed by atoms with Gasteiger partial charge in [0, 0.05) is 58.7 Å². The summed E-state index contributed by atoms with van der Waals surface area (Å²) in [5.74, 6) is 0.822. The third kappa shape index (κ3) is 6.53. The molecule has 0 amide bonds. The lowest BCUT2D eigenvalue weighted by Gasteiger charge is -2.37. The van der Waals surface area contributed by atoms with Crippen molar-refractivity contribution in [1.29, 1.82) is 0 Å².